The van der Waals surface area contributed by atoms with Crippen molar-refractivity contribution < 1.29 is 9.53 Å². The third kappa shape index (κ3) is 5.04. The van der Waals surface area contributed by atoms with Crippen molar-refractivity contribution in [3.05, 3.63) is 66.2 Å². The van der Waals surface area contributed by atoms with Crippen LogP contribution in [-0.2, 0) is 4.74 Å². The lowest BCUT2D eigenvalue weighted by atomic mass is 9.89. The fraction of sp³-hybridized carbons (Fsp3) is 0.409. The summed E-state index contributed by atoms with van der Waals surface area (Å²) >= 11 is 1.75. The standard InChI is InChI=1S/C22H27NO2S/c1-22(2,3)25-21(24)23-15-14-18(17-10-6-4-7-11-17)16-20(23)26-19-12-8-5-9-13-19/h4-13,18,20H,14-16H2,1-3H3/t18-,20-/m1/s1. The van der Waals surface area contributed by atoms with Crippen LogP contribution in [0.5, 0.6) is 0 Å². The Kier molecular flexibility index (Phi) is 5.92. The molecule has 138 valence electrons. The molecular weight excluding hydrogens is 342 g/mol. The van der Waals surface area contributed by atoms with Crippen LogP contribution >= 0.6 is 11.8 Å². The Morgan fingerprint density at radius 2 is 1.65 bits per heavy atom. The first-order chi connectivity index (χ1) is 12.4. The summed E-state index contributed by atoms with van der Waals surface area (Å²) in [6.45, 7) is 6.47. The molecule has 0 bridgehead atoms. The average molecular weight is 370 g/mol. The Balaban J connectivity index is 1.79. The van der Waals surface area contributed by atoms with Crippen molar-refractivity contribution in [2.45, 2.75) is 55.4 Å². The molecular formula is C22H27NO2S. The van der Waals surface area contributed by atoms with Crippen molar-refractivity contribution in [1.29, 1.82) is 0 Å². The van der Waals surface area contributed by atoms with Crippen LogP contribution in [0.15, 0.2) is 65.6 Å². The molecule has 3 rings (SSSR count). The number of amides is 1. The summed E-state index contributed by atoms with van der Waals surface area (Å²) in [6.07, 6.45) is 1.69. The highest BCUT2D eigenvalue weighted by Gasteiger charge is 2.35. The van der Waals surface area contributed by atoms with Gasteiger partial charge in [0.1, 0.15) is 5.60 Å². The Hall–Kier alpha value is -1.94. The third-order valence-corrected chi connectivity index (χ3v) is 5.73. The van der Waals surface area contributed by atoms with E-state index in [0.29, 0.717) is 5.92 Å². The first-order valence-corrected chi connectivity index (χ1v) is 10.1. The van der Waals surface area contributed by atoms with E-state index in [1.165, 1.54) is 10.5 Å². The second-order valence-electron chi connectivity index (χ2n) is 7.69. The molecule has 0 spiro atoms. The Morgan fingerprint density at radius 3 is 2.27 bits per heavy atom. The Labute approximate surface area is 160 Å². The van der Waals surface area contributed by atoms with Crippen molar-refractivity contribution in [3.63, 3.8) is 0 Å². The molecule has 2 aromatic rings. The van der Waals surface area contributed by atoms with Gasteiger partial charge >= 0.3 is 6.09 Å². The van der Waals surface area contributed by atoms with Crippen LogP contribution in [0.2, 0.25) is 0 Å². The maximum Gasteiger partial charge on any atom is 0.411 e. The van der Waals surface area contributed by atoms with Crippen molar-refractivity contribution in [3.8, 4) is 0 Å². The van der Waals surface area contributed by atoms with Crippen LogP contribution in [0.4, 0.5) is 4.79 Å². The highest BCUT2D eigenvalue weighted by atomic mass is 32.2. The van der Waals surface area contributed by atoms with E-state index < -0.39 is 5.60 Å². The molecule has 1 aliphatic heterocycles. The maximum absolute atomic E-state index is 12.7. The van der Waals surface area contributed by atoms with Gasteiger partial charge < -0.3 is 4.74 Å². The van der Waals surface area contributed by atoms with Gasteiger partial charge in [0, 0.05) is 11.4 Å². The molecule has 26 heavy (non-hydrogen) atoms. The van der Waals surface area contributed by atoms with Gasteiger partial charge in [0.25, 0.3) is 0 Å². The first-order valence-electron chi connectivity index (χ1n) is 9.19. The molecule has 1 fully saturated rings. The molecule has 1 heterocycles. The molecule has 1 amide bonds. The number of carbonyl (C=O) groups is 1. The minimum atomic E-state index is -0.477. The van der Waals surface area contributed by atoms with Crippen LogP contribution in [-0.4, -0.2) is 28.5 Å². The number of likely N-dealkylation sites (tertiary alicyclic amines) is 1. The summed E-state index contributed by atoms with van der Waals surface area (Å²) in [5.41, 5.74) is 0.880. The van der Waals surface area contributed by atoms with Gasteiger partial charge in [0.2, 0.25) is 0 Å². The van der Waals surface area contributed by atoms with Gasteiger partial charge in [-0.2, -0.15) is 0 Å². The minimum absolute atomic E-state index is 0.0752. The lowest BCUT2D eigenvalue weighted by molar-refractivity contribution is 0.0173. The lowest BCUT2D eigenvalue weighted by Crippen LogP contribution is -2.46. The van der Waals surface area contributed by atoms with Gasteiger partial charge in [0.15, 0.2) is 0 Å². The van der Waals surface area contributed by atoms with Crippen LogP contribution < -0.4 is 0 Å². The fourth-order valence-electron chi connectivity index (χ4n) is 3.25. The number of hydrogen-bond acceptors (Lipinski definition) is 3. The number of carbonyl (C=O) groups excluding carboxylic acids is 1. The summed E-state index contributed by atoms with van der Waals surface area (Å²) in [5, 5.41) is 0.0752. The molecule has 1 saturated heterocycles. The van der Waals surface area contributed by atoms with Crippen LogP contribution in [0.3, 0.4) is 0 Å². The molecule has 0 saturated carbocycles. The molecule has 3 nitrogen and oxygen atoms in total. The highest BCUT2D eigenvalue weighted by molar-refractivity contribution is 7.99. The summed E-state index contributed by atoms with van der Waals surface area (Å²) in [7, 11) is 0. The monoisotopic (exact) mass is 369 g/mol. The Bertz CT molecular complexity index is 712. The number of hydrogen-bond donors (Lipinski definition) is 0. The molecule has 2 atom stereocenters. The van der Waals surface area contributed by atoms with Crippen LogP contribution in [0.1, 0.15) is 45.1 Å². The summed E-state index contributed by atoms with van der Waals surface area (Å²) in [4.78, 5) is 15.8. The largest absolute Gasteiger partial charge is 0.444 e. The van der Waals surface area contributed by atoms with E-state index in [4.69, 9.17) is 4.74 Å². The predicted octanol–water partition coefficient (Wildman–Crippen LogP) is 5.92. The predicted molar refractivity (Wildman–Crippen MR) is 107 cm³/mol. The zero-order valence-corrected chi connectivity index (χ0v) is 16.5. The van der Waals surface area contributed by atoms with Crippen molar-refractivity contribution >= 4 is 17.9 Å². The molecule has 0 aliphatic carbocycles. The van der Waals surface area contributed by atoms with Gasteiger partial charge in [-0.3, -0.25) is 4.90 Å². The van der Waals surface area contributed by atoms with E-state index in [0.717, 1.165) is 19.4 Å². The normalized spacial score (nSPS) is 20.7. The van der Waals surface area contributed by atoms with Gasteiger partial charge in [-0.25, -0.2) is 4.79 Å². The zero-order valence-electron chi connectivity index (χ0n) is 15.7. The molecule has 0 radical (unpaired) electrons. The van der Waals surface area contributed by atoms with E-state index >= 15 is 0 Å². The van der Waals surface area contributed by atoms with Crippen LogP contribution in [0.25, 0.3) is 0 Å². The van der Waals surface area contributed by atoms with Gasteiger partial charge in [-0.15, -0.1) is 11.8 Å². The van der Waals surface area contributed by atoms with Gasteiger partial charge in [0.05, 0.1) is 5.37 Å². The number of thioether (sulfide) groups is 1. The number of nitrogens with zero attached hydrogens (tertiary/aromatic N) is 1. The quantitative estimate of drug-likeness (QED) is 0.672. The molecule has 0 N–H and O–H groups in total. The van der Waals surface area contributed by atoms with Crippen molar-refractivity contribution in [2.24, 2.45) is 0 Å². The molecule has 4 heteroatoms. The van der Waals surface area contributed by atoms with E-state index in [2.05, 4.69) is 42.5 Å². The number of ether oxygens (including phenoxy) is 1. The smallest absolute Gasteiger partial charge is 0.411 e. The lowest BCUT2D eigenvalue weighted by Gasteiger charge is -2.39. The number of piperidine rings is 1. The second kappa shape index (κ2) is 8.17. The second-order valence-corrected chi connectivity index (χ2v) is 8.94. The van der Waals surface area contributed by atoms with E-state index in [9.17, 15) is 4.79 Å². The van der Waals surface area contributed by atoms with E-state index in [1.807, 2.05) is 43.9 Å². The number of benzene rings is 2. The van der Waals surface area contributed by atoms with Gasteiger partial charge in [-0.1, -0.05) is 48.5 Å². The number of rotatable bonds is 3. The SMILES string of the molecule is CC(C)(C)OC(=O)N1CC[C@@H](c2ccccc2)C[C@H]1Sc1ccccc1. The first kappa shape index (κ1) is 18.8. The fourth-order valence-corrected chi connectivity index (χ4v) is 4.53. The van der Waals surface area contributed by atoms with E-state index in [1.54, 1.807) is 11.8 Å². The highest BCUT2D eigenvalue weighted by Crippen LogP contribution is 2.39. The summed E-state index contributed by atoms with van der Waals surface area (Å²) in [6, 6.07) is 20.9. The van der Waals surface area contributed by atoms with Crippen LogP contribution in [0, 0.1) is 0 Å². The maximum atomic E-state index is 12.7. The molecule has 0 unspecified atom stereocenters. The molecule has 2 aromatic carbocycles. The van der Waals surface area contributed by atoms with Crippen molar-refractivity contribution in [1.82, 2.24) is 4.90 Å². The van der Waals surface area contributed by atoms with E-state index in [-0.39, 0.29) is 11.5 Å². The molecule has 0 aromatic heterocycles. The summed E-state index contributed by atoms with van der Waals surface area (Å²) < 4.78 is 5.66. The zero-order chi connectivity index (χ0) is 18.6. The van der Waals surface area contributed by atoms with Gasteiger partial charge in [-0.05, 0) is 57.2 Å². The topological polar surface area (TPSA) is 29.5 Å². The Morgan fingerprint density at radius 1 is 1.04 bits per heavy atom. The summed E-state index contributed by atoms with van der Waals surface area (Å²) in [5.74, 6) is 0.469. The average Bonchev–Trinajstić information content (AvgIpc) is 2.62. The minimum Gasteiger partial charge on any atom is -0.444 e. The van der Waals surface area contributed by atoms with Crippen molar-refractivity contribution in [2.75, 3.05) is 6.54 Å². The molecule has 1 aliphatic rings. The third-order valence-electron chi connectivity index (χ3n) is 4.47.